The Kier molecular flexibility index (Phi) is 6.87. The number of carbonyl (C=O) groups is 1. The molecule has 0 amide bonds. The maximum atomic E-state index is 10.2. The third kappa shape index (κ3) is 5.87. The van der Waals surface area contributed by atoms with Gasteiger partial charge in [0.2, 0.25) is 0 Å². The fraction of sp³-hybridized carbons (Fsp3) is 0.833. The number of hydrogen-bond acceptors (Lipinski definition) is 3. The summed E-state index contributed by atoms with van der Waals surface area (Å²) >= 11 is 0. The van der Waals surface area contributed by atoms with Crippen LogP contribution < -0.4 is 0 Å². The van der Waals surface area contributed by atoms with Gasteiger partial charge >= 0.3 is 43.7 Å². The van der Waals surface area contributed by atoms with Gasteiger partial charge in [0.15, 0.2) is 5.60 Å². The van der Waals surface area contributed by atoms with Crippen LogP contribution >= 0.6 is 0 Å². The molecule has 0 radical (unpaired) electrons. The van der Waals surface area contributed by atoms with E-state index in [1.807, 2.05) is 0 Å². The number of carboxylic acids is 1. The molecule has 2 unspecified atom stereocenters. The van der Waals surface area contributed by atoms with Gasteiger partial charge in [-0.15, -0.1) is 0 Å². The van der Waals surface area contributed by atoms with Gasteiger partial charge in [-0.25, -0.2) is 4.79 Å². The summed E-state index contributed by atoms with van der Waals surface area (Å²) in [5.41, 5.74) is -1.81. The summed E-state index contributed by atoms with van der Waals surface area (Å²) in [7, 11) is 0. The van der Waals surface area contributed by atoms with E-state index in [0.29, 0.717) is 0 Å². The topological polar surface area (TPSA) is 77.8 Å². The second kappa shape index (κ2) is 5.32. The van der Waals surface area contributed by atoms with Crippen LogP contribution in [0.25, 0.3) is 0 Å². The first-order valence-electron chi connectivity index (χ1n) is 3.00. The van der Waals surface area contributed by atoms with Crippen LogP contribution in [0.4, 0.5) is 0 Å². The predicted molar refractivity (Wildman–Crippen MR) is 43.1 cm³/mol. The van der Waals surface area contributed by atoms with Crippen LogP contribution in [0.15, 0.2) is 0 Å². The Morgan fingerprint density at radius 3 is 2.09 bits per heavy atom. The van der Waals surface area contributed by atoms with Crippen LogP contribution in [-0.2, 0) is 4.79 Å². The SMILES string of the molecule is CC(O)CC(C)(O)C(=O)O.[CaH2]. The average molecular weight is 190 g/mol. The number of hydrogen-bond donors (Lipinski definition) is 3. The van der Waals surface area contributed by atoms with Crippen molar-refractivity contribution in [3.05, 3.63) is 0 Å². The van der Waals surface area contributed by atoms with Crippen LogP contribution in [0.1, 0.15) is 20.3 Å². The molecule has 0 rings (SSSR count). The molecule has 11 heavy (non-hydrogen) atoms. The maximum absolute atomic E-state index is 10.2. The molecule has 0 saturated heterocycles. The van der Waals surface area contributed by atoms with Crippen LogP contribution in [0.2, 0.25) is 0 Å². The van der Waals surface area contributed by atoms with Crippen LogP contribution in [0.5, 0.6) is 0 Å². The van der Waals surface area contributed by atoms with Gasteiger partial charge in [-0.3, -0.25) is 0 Å². The van der Waals surface area contributed by atoms with Gasteiger partial charge < -0.3 is 15.3 Å². The van der Waals surface area contributed by atoms with E-state index in [1.165, 1.54) is 6.92 Å². The summed E-state index contributed by atoms with van der Waals surface area (Å²) in [6.07, 6.45) is -0.950. The molecule has 0 aliphatic heterocycles. The normalized spacial score (nSPS) is 17.8. The Bertz CT molecular complexity index is 133. The Labute approximate surface area is 95.2 Å². The van der Waals surface area contributed by atoms with E-state index in [9.17, 15) is 4.79 Å². The van der Waals surface area contributed by atoms with Crippen molar-refractivity contribution in [3.8, 4) is 0 Å². The summed E-state index contributed by atoms with van der Waals surface area (Å²) in [5.74, 6) is -1.31. The summed E-state index contributed by atoms with van der Waals surface area (Å²) in [6, 6.07) is 0. The second-order valence-corrected chi connectivity index (χ2v) is 2.63. The van der Waals surface area contributed by atoms with E-state index in [1.54, 1.807) is 0 Å². The number of rotatable bonds is 3. The molecular weight excluding hydrogens is 176 g/mol. The Morgan fingerprint density at radius 1 is 1.64 bits per heavy atom. The van der Waals surface area contributed by atoms with Crippen LogP contribution in [0, 0.1) is 0 Å². The third-order valence-electron chi connectivity index (χ3n) is 1.15. The van der Waals surface area contributed by atoms with Gasteiger partial charge in [0, 0.05) is 6.42 Å². The average Bonchev–Trinajstić information content (AvgIpc) is 1.60. The van der Waals surface area contributed by atoms with Gasteiger partial charge in [0.05, 0.1) is 6.10 Å². The molecule has 0 bridgehead atoms. The Balaban J connectivity index is 0. The van der Waals surface area contributed by atoms with Crippen molar-refractivity contribution in [1.82, 2.24) is 0 Å². The summed E-state index contributed by atoms with van der Waals surface area (Å²) in [6.45, 7) is 2.58. The summed E-state index contributed by atoms with van der Waals surface area (Å²) in [4.78, 5) is 10.2. The van der Waals surface area contributed by atoms with Gasteiger partial charge in [-0.2, -0.15) is 0 Å². The summed E-state index contributed by atoms with van der Waals surface area (Å²) < 4.78 is 0. The molecule has 5 heteroatoms. The molecule has 2 atom stereocenters. The summed E-state index contributed by atoms with van der Waals surface area (Å²) in [5, 5.41) is 26.0. The van der Waals surface area contributed by atoms with Gasteiger partial charge in [0.1, 0.15) is 0 Å². The van der Waals surface area contributed by atoms with Gasteiger partial charge in [0.25, 0.3) is 0 Å². The first-order valence-corrected chi connectivity index (χ1v) is 3.00. The van der Waals surface area contributed by atoms with Crippen LogP contribution in [-0.4, -0.2) is 70.7 Å². The van der Waals surface area contributed by atoms with Gasteiger partial charge in [-0.05, 0) is 13.8 Å². The number of aliphatic hydroxyl groups excluding tert-OH is 1. The van der Waals surface area contributed by atoms with Crippen molar-refractivity contribution in [2.75, 3.05) is 0 Å². The predicted octanol–water partition coefficient (Wildman–Crippen LogP) is -1.32. The zero-order valence-electron chi connectivity index (χ0n) is 6.03. The minimum atomic E-state index is -1.81. The molecule has 3 N–H and O–H groups in total. The molecule has 0 aromatic carbocycles. The van der Waals surface area contributed by atoms with E-state index >= 15 is 0 Å². The second-order valence-electron chi connectivity index (χ2n) is 2.63. The molecule has 0 aliphatic carbocycles. The van der Waals surface area contributed by atoms with E-state index < -0.39 is 17.7 Å². The third-order valence-corrected chi connectivity index (χ3v) is 1.15. The van der Waals surface area contributed by atoms with Crippen molar-refractivity contribution >= 4 is 43.7 Å². The molecular formula is C6H14CaO4. The van der Waals surface area contributed by atoms with Crippen LogP contribution in [0.3, 0.4) is 0 Å². The van der Waals surface area contributed by atoms with Crippen molar-refractivity contribution in [1.29, 1.82) is 0 Å². The molecule has 64 valence electrons. The van der Waals surface area contributed by atoms with Crippen molar-refractivity contribution in [2.45, 2.75) is 32.0 Å². The molecule has 0 aliphatic rings. The Morgan fingerprint density at radius 2 is 2.00 bits per heavy atom. The van der Waals surface area contributed by atoms with Gasteiger partial charge in [-0.1, -0.05) is 0 Å². The first-order chi connectivity index (χ1) is 4.36. The Hall–Kier alpha value is 0.650. The fourth-order valence-corrected chi connectivity index (χ4v) is 0.663. The molecule has 0 spiro atoms. The number of aliphatic carboxylic acids is 1. The number of aliphatic hydroxyl groups is 2. The molecule has 0 heterocycles. The molecule has 0 saturated carbocycles. The van der Waals surface area contributed by atoms with Crippen molar-refractivity contribution in [3.63, 3.8) is 0 Å². The molecule has 4 nitrogen and oxygen atoms in total. The zero-order valence-corrected chi connectivity index (χ0v) is 6.03. The minimum absolute atomic E-state index is 0. The monoisotopic (exact) mass is 190 g/mol. The zero-order chi connectivity index (χ0) is 8.36. The van der Waals surface area contributed by atoms with E-state index in [4.69, 9.17) is 15.3 Å². The van der Waals surface area contributed by atoms with Crippen molar-refractivity contribution < 1.29 is 20.1 Å². The molecule has 0 fully saturated rings. The standard InChI is InChI=1S/C6H12O4.Ca.2H/c1-4(7)3-6(2,10)5(8)9;;;/h4,7,10H,3H2,1-2H3,(H,8,9);;;. The van der Waals surface area contributed by atoms with E-state index in [0.717, 1.165) is 6.92 Å². The molecule has 0 aromatic rings. The van der Waals surface area contributed by atoms with Crippen molar-refractivity contribution in [2.24, 2.45) is 0 Å². The number of carboxylic acid groups (broad SMARTS) is 1. The van der Waals surface area contributed by atoms with E-state index in [2.05, 4.69) is 0 Å². The first kappa shape index (κ1) is 14.2. The quantitative estimate of drug-likeness (QED) is 0.482. The van der Waals surface area contributed by atoms with E-state index in [-0.39, 0.29) is 44.2 Å². The fourth-order valence-electron chi connectivity index (χ4n) is 0.663. The molecule has 0 aromatic heterocycles.